The Morgan fingerprint density at radius 1 is 1.00 bits per heavy atom. The SMILES string of the molecule is C#C[C@H]1O[C@@H](O)[C@H](O)[C@@H](O)[C@@H]1O. The summed E-state index contributed by atoms with van der Waals surface area (Å²) in [6.45, 7) is 0. The summed E-state index contributed by atoms with van der Waals surface area (Å²) in [5.74, 6) is 2.03. The van der Waals surface area contributed by atoms with Crippen LogP contribution in [0.1, 0.15) is 0 Å². The number of aliphatic hydroxyl groups is 4. The molecule has 12 heavy (non-hydrogen) atoms. The molecule has 1 aliphatic heterocycles. The molecule has 68 valence electrons. The van der Waals surface area contributed by atoms with Gasteiger partial charge in [0.15, 0.2) is 6.29 Å². The van der Waals surface area contributed by atoms with Crippen molar-refractivity contribution < 1.29 is 25.2 Å². The molecule has 0 radical (unpaired) electrons. The van der Waals surface area contributed by atoms with Gasteiger partial charge in [0.05, 0.1) is 0 Å². The lowest BCUT2D eigenvalue weighted by molar-refractivity contribution is -0.269. The first kappa shape index (κ1) is 9.45. The lowest BCUT2D eigenvalue weighted by Crippen LogP contribution is -2.56. The van der Waals surface area contributed by atoms with Gasteiger partial charge in [0.1, 0.15) is 24.4 Å². The molecular weight excluding hydrogens is 164 g/mol. The number of hydrogen-bond acceptors (Lipinski definition) is 5. The molecule has 0 unspecified atom stereocenters. The summed E-state index contributed by atoms with van der Waals surface area (Å²) in [6.07, 6.45) is -2.08. The van der Waals surface area contributed by atoms with Crippen molar-refractivity contribution in [1.82, 2.24) is 0 Å². The smallest absolute Gasteiger partial charge is 0.185 e. The standard InChI is InChI=1S/C7H10O5/c1-2-3-4(8)5(9)6(10)7(11)12-3/h1,3-11H/t3-,4-,5+,6-,7-/m1/s1. The van der Waals surface area contributed by atoms with Gasteiger partial charge in [-0.05, 0) is 0 Å². The van der Waals surface area contributed by atoms with Gasteiger partial charge in [-0.25, -0.2) is 0 Å². The molecule has 0 aromatic carbocycles. The lowest BCUT2D eigenvalue weighted by Gasteiger charge is -2.35. The third-order valence-corrected chi connectivity index (χ3v) is 1.75. The molecule has 0 spiro atoms. The van der Waals surface area contributed by atoms with Gasteiger partial charge in [0.25, 0.3) is 0 Å². The fraction of sp³-hybridized carbons (Fsp3) is 0.714. The predicted molar refractivity (Wildman–Crippen MR) is 37.7 cm³/mol. The van der Waals surface area contributed by atoms with Crippen molar-refractivity contribution in [2.45, 2.75) is 30.7 Å². The van der Waals surface area contributed by atoms with E-state index >= 15 is 0 Å². The number of terminal acetylenes is 1. The van der Waals surface area contributed by atoms with Crippen LogP contribution in [0.25, 0.3) is 0 Å². The summed E-state index contributed by atoms with van der Waals surface area (Å²) in [4.78, 5) is 0. The number of rotatable bonds is 0. The molecule has 1 saturated heterocycles. The summed E-state index contributed by atoms with van der Waals surface area (Å²) in [7, 11) is 0. The van der Waals surface area contributed by atoms with Crippen molar-refractivity contribution in [3.63, 3.8) is 0 Å². The molecule has 4 N–H and O–H groups in total. The maximum Gasteiger partial charge on any atom is 0.185 e. The van der Waals surface area contributed by atoms with Gasteiger partial charge < -0.3 is 25.2 Å². The van der Waals surface area contributed by atoms with Gasteiger partial charge in [-0.3, -0.25) is 0 Å². The van der Waals surface area contributed by atoms with Crippen molar-refractivity contribution in [2.75, 3.05) is 0 Å². The Kier molecular flexibility index (Phi) is 2.67. The van der Waals surface area contributed by atoms with Crippen molar-refractivity contribution in [2.24, 2.45) is 0 Å². The molecule has 5 atom stereocenters. The Morgan fingerprint density at radius 3 is 2.08 bits per heavy atom. The summed E-state index contributed by atoms with van der Waals surface area (Å²) >= 11 is 0. The van der Waals surface area contributed by atoms with E-state index in [0.717, 1.165) is 0 Å². The highest BCUT2D eigenvalue weighted by Gasteiger charge is 2.42. The average Bonchev–Trinajstić information content (AvgIpc) is 2.08. The van der Waals surface area contributed by atoms with Crippen LogP contribution in [0.4, 0.5) is 0 Å². The first-order valence-electron chi connectivity index (χ1n) is 3.41. The minimum absolute atomic E-state index is 1.08. The van der Waals surface area contributed by atoms with Crippen LogP contribution in [-0.4, -0.2) is 51.1 Å². The molecule has 0 aromatic rings. The average molecular weight is 174 g/mol. The summed E-state index contributed by atoms with van der Waals surface area (Å²) in [5, 5.41) is 36.1. The van der Waals surface area contributed by atoms with Crippen LogP contribution < -0.4 is 0 Å². The number of aliphatic hydroxyl groups excluding tert-OH is 4. The summed E-state index contributed by atoms with van der Waals surface area (Å²) in [6, 6.07) is 0. The highest BCUT2D eigenvalue weighted by Crippen LogP contribution is 2.18. The third-order valence-electron chi connectivity index (χ3n) is 1.75. The topological polar surface area (TPSA) is 90.2 Å². The van der Waals surface area contributed by atoms with E-state index in [2.05, 4.69) is 4.74 Å². The Labute approximate surface area is 69.2 Å². The van der Waals surface area contributed by atoms with Crippen molar-refractivity contribution in [1.29, 1.82) is 0 Å². The molecular formula is C7H10O5. The highest BCUT2D eigenvalue weighted by molar-refractivity contribution is 5.04. The minimum Gasteiger partial charge on any atom is -0.387 e. The fourth-order valence-electron chi connectivity index (χ4n) is 0.999. The Morgan fingerprint density at radius 2 is 1.58 bits per heavy atom. The first-order valence-corrected chi connectivity index (χ1v) is 3.41. The molecule has 1 aliphatic rings. The van der Waals surface area contributed by atoms with Gasteiger partial charge in [-0.2, -0.15) is 0 Å². The summed E-state index contributed by atoms with van der Waals surface area (Å²) < 4.78 is 4.59. The second kappa shape index (κ2) is 3.39. The van der Waals surface area contributed by atoms with Crippen LogP contribution in [-0.2, 0) is 4.74 Å². The van der Waals surface area contributed by atoms with E-state index in [4.69, 9.17) is 26.8 Å². The van der Waals surface area contributed by atoms with Gasteiger partial charge >= 0.3 is 0 Å². The van der Waals surface area contributed by atoms with Crippen LogP contribution in [0.3, 0.4) is 0 Å². The van der Waals surface area contributed by atoms with Gasteiger partial charge in [0.2, 0.25) is 0 Å². The molecule has 1 heterocycles. The van der Waals surface area contributed by atoms with Crippen LogP contribution in [0, 0.1) is 12.3 Å². The second-order valence-electron chi connectivity index (χ2n) is 2.59. The van der Waals surface area contributed by atoms with Crippen molar-refractivity contribution >= 4 is 0 Å². The zero-order chi connectivity index (χ0) is 9.30. The van der Waals surface area contributed by atoms with Crippen LogP contribution in [0.5, 0.6) is 0 Å². The van der Waals surface area contributed by atoms with E-state index in [9.17, 15) is 0 Å². The normalized spacial score (nSPS) is 48.4. The largest absolute Gasteiger partial charge is 0.387 e. The van der Waals surface area contributed by atoms with E-state index in [-0.39, 0.29) is 0 Å². The maximum absolute atomic E-state index is 9.14. The second-order valence-corrected chi connectivity index (χ2v) is 2.59. The fourth-order valence-corrected chi connectivity index (χ4v) is 0.999. The van der Waals surface area contributed by atoms with Crippen molar-refractivity contribution in [3.8, 4) is 12.3 Å². The maximum atomic E-state index is 9.14. The zero-order valence-electron chi connectivity index (χ0n) is 6.16. The van der Waals surface area contributed by atoms with E-state index in [1.807, 2.05) is 5.92 Å². The molecule has 0 saturated carbocycles. The summed E-state index contributed by atoms with van der Waals surface area (Å²) in [5.41, 5.74) is 0. The van der Waals surface area contributed by atoms with E-state index < -0.39 is 30.7 Å². The quantitative estimate of drug-likeness (QED) is 0.303. The molecule has 0 bridgehead atoms. The molecule has 1 rings (SSSR count). The Bertz CT molecular complexity index is 198. The third kappa shape index (κ3) is 1.43. The van der Waals surface area contributed by atoms with Gasteiger partial charge in [-0.1, -0.05) is 5.92 Å². The Hall–Kier alpha value is -0.640. The van der Waals surface area contributed by atoms with E-state index in [0.29, 0.717) is 0 Å². The minimum atomic E-state index is -1.55. The molecule has 5 heteroatoms. The lowest BCUT2D eigenvalue weighted by atomic mass is 10.00. The monoisotopic (exact) mass is 174 g/mol. The molecule has 5 nitrogen and oxygen atoms in total. The first-order chi connectivity index (χ1) is 5.57. The van der Waals surface area contributed by atoms with Crippen LogP contribution in [0.2, 0.25) is 0 Å². The highest BCUT2D eigenvalue weighted by atomic mass is 16.6. The van der Waals surface area contributed by atoms with E-state index in [1.54, 1.807) is 0 Å². The molecule has 0 aliphatic carbocycles. The van der Waals surface area contributed by atoms with E-state index in [1.165, 1.54) is 0 Å². The number of hydrogen-bond donors (Lipinski definition) is 4. The zero-order valence-corrected chi connectivity index (χ0v) is 6.16. The number of ether oxygens (including phenoxy) is 1. The van der Waals surface area contributed by atoms with Gasteiger partial charge in [0, 0.05) is 0 Å². The molecule has 0 amide bonds. The molecule has 1 fully saturated rings. The Balaban J connectivity index is 2.72. The van der Waals surface area contributed by atoms with Crippen LogP contribution in [0.15, 0.2) is 0 Å². The van der Waals surface area contributed by atoms with Crippen LogP contribution >= 0.6 is 0 Å². The predicted octanol–water partition coefficient (Wildman–Crippen LogP) is -2.58. The molecule has 0 aromatic heterocycles. The van der Waals surface area contributed by atoms with Crippen molar-refractivity contribution in [3.05, 3.63) is 0 Å². The van der Waals surface area contributed by atoms with Gasteiger partial charge in [-0.15, -0.1) is 6.42 Å².